The maximum atomic E-state index is 9.94. The van der Waals surface area contributed by atoms with Crippen molar-refractivity contribution in [1.82, 2.24) is 0 Å². The number of hydrogen-bond donors (Lipinski definition) is 5. The fourth-order valence-corrected chi connectivity index (χ4v) is 1.74. The van der Waals surface area contributed by atoms with Crippen LogP contribution in [0.4, 0.5) is 5.69 Å². The lowest BCUT2D eigenvalue weighted by atomic mass is 9.88. The molecular weight excluding hydrogens is 233 g/mol. The molecule has 2 aromatic rings. The van der Waals surface area contributed by atoms with E-state index in [-0.39, 0.29) is 16.8 Å². The largest absolute Gasteiger partial charge is 0.508 e. The fraction of sp³-hybridized carbons (Fsp3) is 0. The Morgan fingerprint density at radius 2 is 1.33 bits per heavy atom. The van der Waals surface area contributed by atoms with Gasteiger partial charge in [-0.05, 0) is 23.2 Å². The molecule has 0 fully saturated rings. The molecule has 0 aromatic heterocycles. The number of phenols is 4. The molecular formula is C12H12BNO4. The number of hydrogen-bond acceptors (Lipinski definition) is 5. The molecule has 0 heterocycles. The van der Waals surface area contributed by atoms with Crippen LogP contribution >= 0.6 is 0 Å². The Hall–Kier alpha value is -2.50. The number of benzene rings is 2. The second kappa shape index (κ2) is 4.07. The lowest BCUT2D eigenvalue weighted by Gasteiger charge is -2.13. The van der Waals surface area contributed by atoms with Gasteiger partial charge in [0, 0.05) is 5.69 Å². The van der Waals surface area contributed by atoms with E-state index < -0.39 is 17.2 Å². The van der Waals surface area contributed by atoms with Crippen molar-refractivity contribution >= 4 is 19.0 Å². The molecule has 0 aliphatic heterocycles. The summed E-state index contributed by atoms with van der Waals surface area (Å²) in [4.78, 5) is 0. The average Bonchev–Trinajstić information content (AvgIpc) is 2.36. The second-order valence-corrected chi connectivity index (χ2v) is 4.02. The second-order valence-electron chi connectivity index (χ2n) is 4.02. The minimum atomic E-state index is -0.655. The SMILES string of the molecule is Bc1c(O)c(O)c(O)c(-c2ccc(N)cc2)c1O. The van der Waals surface area contributed by atoms with E-state index in [2.05, 4.69) is 0 Å². The topological polar surface area (TPSA) is 107 Å². The average molecular weight is 245 g/mol. The maximum Gasteiger partial charge on any atom is 0.200 e. The summed E-state index contributed by atoms with van der Waals surface area (Å²) in [6.07, 6.45) is 0. The number of rotatable bonds is 1. The zero-order valence-corrected chi connectivity index (χ0v) is 9.68. The third kappa shape index (κ3) is 1.68. The Kier molecular flexibility index (Phi) is 2.71. The molecule has 0 bridgehead atoms. The molecule has 6 heteroatoms. The summed E-state index contributed by atoms with van der Waals surface area (Å²) in [5, 5.41) is 38.8. The van der Waals surface area contributed by atoms with E-state index in [4.69, 9.17) is 5.73 Å². The van der Waals surface area contributed by atoms with Gasteiger partial charge in [0.1, 0.15) is 13.6 Å². The van der Waals surface area contributed by atoms with Crippen LogP contribution in [0.2, 0.25) is 0 Å². The monoisotopic (exact) mass is 245 g/mol. The van der Waals surface area contributed by atoms with Crippen molar-refractivity contribution in [2.24, 2.45) is 0 Å². The predicted octanol–water partition coefficient (Wildman–Crippen LogP) is 0.0166. The summed E-state index contributed by atoms with van der Waals surface area (Å²) in [7, 11) is 1.44. The summed E-state index contributed by atoms with van der Waals surface area (Å²) >= 11 is 0. The molecule has 0 amide bonds. The number of nitrogen functional groups attached to an aromatic ring is 1. The Balaban J connectivity index is 2.75. The van der Waals surface area contributed by atoms with Crippen LogP contribution in [0.25, 0.3) is 11.1 Å². The molecule has 0 unspecified atom stereocenters. The van der Waals surface area contributed by atoms with Crippen LogP contribution in [-0.4, -0.2) is 28.3 Å². The molecule has 0 radical (unpaired) electrons. The van der Waals surface area contributed by atoms with E-state index >= 15 is 0 Å². The zero-order valence-electron chi connectivity index (χ0n) is 9.68. The first kappa shape index (κ1) is 12.0. The van der Waals surface area contributed by atoms with Crippen molar-refractivity contribution in [3.63, 3.8) is 0 Å². The highest BCUT2D eigenvalue weighted by atomic mass is 16.3. The molecule has 0 aliphatic carbocycles. The Labute approximate surface area is 104 Å². The van der Waals surface area contributed by atoms with Gasteiger partial charge in [-0.25, -0.2) is 0 Å². The summed E-state index contributed by atoms with van der Waals surface area (Å²) in [6, 6.07) is 6.40. The van der Waals surface area contributed by atoms with Crippen LogP contribution in [0.3, 0.4) is 0 Å². The van der Waals surface area contributed by atoms with Crippen LogP contribution in [0.15, 0.2) is 24.3 Å². The van der Waals surface area contributed by atoms with Crippen molar-refractivity contribution in [2.75, 3.05) is 5.73 Å². The van der Waals surface area contributed by atoms with Gasteiger partial charge in [0.15, 0.2) is 11.5 Å². The molecule has 2 aromatic carbocycles. The number of phenolic OH excluding ortho intramolecular Hbond substituents is 4. The van der Waals surface area contributed by atoms with Gasteiger partial charge in [0.25, 0.3) is 0 Å². The van der Waals surface area contributed by atoms with Crippen molar-refractivity contribution < 1.29 is 20.4 Å². The molecule has 0 spiro atoms. The summed E-state index contributed by atoms with van der Waals surface area (Å²) < 4.78 is 0. The van der Waals surface area contributed by atoms with Crippen molar-refractivity contribution in [2.45, 2.75) is 0 Å². The van der Waals surface area contributed by atoms with Crippen molar-refractivity contribution in [1.29, 1.82) is 0 Å². The smallest absolute Gasteiger partial charge is 0.200 e. The molecule has 0 aliphatic rings. The van der Waals surface area contributed by atoms with Gasteiger partial charge in [-0.3, -0.25) is 0 Å². The van der Waals surface area contributed by atoms with Crippen LogP contribution < -0.4 is 11.2 Å². The van der Waals surface area contributed by atoms with Gasteiger partial charge in [-0.2, -0.15) is 0 Å². The number of nitrogens with two attached hydrogens (primary N) is 1. The van der Waals surface area contributed by atoms with Gasteiger partial charge in [0.05, 0.1) is 5.56 Å². The predicted molar refractivity (Wildman–Crippen MR) is 71.1 cm³/mol. The van der Waals surface area contributed by atoms with Crippen molar-refractivity contribution in [3.8, 4) is 34.1 Å². The third-order valence-electron chi connectivity index (χ3n) is 2.83. The Bertz CT molecular complexity index is 581. The highest BCUT2D eigenvalue weighted by molar-refractivity contribution is 6.37. The van der Waals surface area contributed by atoms with E-state index in [9.17, 15) is 20.4 Å². The van der Waals surface area contributed by atoms with Gasteiger partial charge in [-0.1, -0.05) is 12.1 Å². The highest BCUT2D eigenvalue weighted by Gasteiger charge is 2.21. The first-order valence-corrected chi connectivity index (χ1v) is 5.25. The third-order valence-corrected chi connectivity index (χ3v) is 2.83. The van der Waals surface area contributed by atoms with Crippen LogP contribution in [0, 0.1) is 0 Å². The van der Waals surface area contributed by atoms with E-state index in [1.165, 1.54) is 7.85 Å². The van der Waals surface area contributed by atoms with E-state index in [1.807, 2.05) is 0 Å². The Morgan fingerprint density at radius 3 is 1.89 bits per heavy atom. The first-order chi connectivity index (χ1) is 8.43. The van der Waals surface area contributed by atoms with E-state index in [0.29, 0.717) is 11.3 Å². The minimum Gasteiger partial charge on any atom is -0.508 e. The summed E-state index contributed by atoms with van der Waals surface area (Å²) in [6.45, 7) is 0. The van der Waals surface area contributed by atoms with Gasteiger partial charge in [0.2, 0.25) is 5.75 Å². The van der Waals surface area contributed by atoms with Gasteiger partial charge in [-0.15, -0.1) is 0 Å². The molecule has 0 saturated carbocycles. The lowest BCUT2D eigenvalue weighted by Crippen LogP contribution is -2.05. The van der Waals surface area contributed by atoms with Crippen LogP contribution in [0.1, 0.15) is 0 Å². The standard InChI is InChI=1S/C12H12BNO4/c13-8-9(15)7(10(16)12(18)11(8)17)5-1-3-6(14)4-2-5/h1-4,15-18H,13-14H2. The molecule has 92 valence electrons. The van der Waals surface area contributed by atoms with Crippen molar-refractivity contribution in [3.05, 3.63) is 24.3 Å². The van der Waals surface area contributed by atoms with Gasteiger partial charge < -0.3 is 26.2 Å². The van der Waals surface area contributed by atoms with E-state index in [0.717, 1.165) is 0 Å². The Morgan fingerprint density at radius 1 is 0.778 bits per heavy atom. The molecule has 0 saturated heterocycles. The summed E-state index contributed by atoms with van der Waals surface area (Å²) in [5.74, 6) is -2.05. The highest BCUT2D eigenvalue weighted by Crippen LogP contribution is 2.46. The zero-order chi connectivity index (χ0) is 13.4. The van der Waals surface area contributed by atoms with E-state index in [1.54, 1.807) is 24.3 Å². The van der Waals surface area contributed by atoms with Crippen LogP contribution in [0.5, 0.6) is 23.0 Å². The molecule has 6 N–H and O–H groups in total. The lowest BCUT2D eigenvalue weighted by molar-refractivity contribution is 0.365. The molecule has 18 heavy (non-hydrogen) atoms. The minimum absolute atomic E-state index is 0.0581. The number of anilines is 1. The molecule has 0 atom stereocenters. The first-order valence-electron chi connectivity index (χ1n) is 5.25. The molecule has 2 rings (SSSR count). The number of aromatic hydroxyl groups is 4. The van der Waals surface area contributed by atoms with Crippen LogP contribution in [-0.2, 0) is 0 Å². The molecule has 5 nitrogen and oxygen atoms in total. The summed E-state index contributed by atoms with van der Waals surface area (Å²) in [5.41, 5.74) is 6.73. The normalized spacial score (nSPS) is 10.4. The van der Waals surface area contributed by atoms with Gasteiger partial charge >= 0.3 is 0 Å². The fourth-order valence-electron chi connectivity index (χ4n) is 1.74. The maximum absolute atomic E-state index is 9.94. The quantitative estimate of drug-likeness (QED) is 0.211.